The van der Waals surface area contributed by atoms with Gasteiger partial charge in [-0.2, -0.15) is 5.26 Å². The maximum Gasteiger partial charge on any atom is 0.265 e. The van der Waals surface area contributed by atoms with Crippen molar-refractivity contribution in [1.29, 1.82) is 5.26 Å². The number of hydrogen-bond donors (Lipinski definition) is 0. The predicted octanol–water partition coefficient (Wildman–Crippen LogP) is 2.93. The molecule has 1 aliphatic heterocycles. The van der Waals surface area contributed by atoms with E-state index in [-0.39, 0.29) is 4.90 Å². The second kappa shape index (κ2) is 5.08. The van der Waals surface area contributed by atoms with Gasteiger partial charge in [0.2, 0.25) is 0 Å². The van der Waals surface area contributed by atoms with Crippen LogP contribution in [0.2, 0.25) is 0 Å². The molecule has 0 aliphatic carbocycles. The second-order valence-electron chi connectivity index (χ2n) is 4.62. The average molecular weight is 296 g/mol. The highest BCUT2D eigenvalue weighted by Gasteiger charge is 2.32. The van der Waals surface area contributed by atoms with Gasteiger partial charge in [0, 0.05) is 6.20 Å². The highest BCUT2D eigenvalue weighted by atomic mass is 32.2. The number of fused-ring (bicyclic) bond motifs is 1. The number of sulfonamides is 1. The molecule has 5 heteroatoms. The molecule has 2 aromatic carbocycles. The van der Waals surface area contributed by atoms with Crippen LogP contribution in [-0.4, -0.2) is 12.7 Å². The summed E-state index contributed by atoms with van der Waals surface area (Å²) in [6.07, 6.45) is 3.17. The zero-order valence-corrected chi connectivity index (χ0v) is 11.9. The quantitative estimate of drug-likeness (QED) is 0.856. The lowest BCUT2D eigenvalue weighted by Gasteiger charge is -2.29. The second-order valence-corrected chi connectivity index (χ2v) is 6.47. The van der Waals surface area contributed by atoms with Gasteiger partial charge < -0.3 is 0 Å². The molecule has 0 radical (unpaired) electrons. The summed E-state index contributed by atoms with van der Waals surface area (Å²) in [6, 6.07) is 16.7. The first-order valence-electron chi connectivity index (χ1n) is 6.40. The first kappa shape index (κ1) is 13.4. The van der Waals surface area contributed by atoms with Crippen LogP contribution in [0, 0.1) is 11.3 Å². The lowest BCUT2D eigenvalue weighted by atomic mass is 9.99. The summed E-state index contributed by atoms with van der Waals surface area (Å²) in [4.78, 5) is 0.175. The summed E-state index contributed by atoms with van der Waals surface area (Å²) in [7, 11) is -3.74. The van der Waals surface area contributed by atoms with Crippen LogP contribution in [0.15, 0.2) is 65.7 Å². The minimum Gasteiger partial charge on any atom is -0.252 e. The Kier molecular flexibility index (Phi) is 3.24. The van der Waals surface area contributed by atoms with Crippen LogP contribution in [0.5, 0.6) is 0 Å². The highest BCUT2D eigenvalue weighted by molar-refractivity contribution is 7.89. The number of rotatable bonds is 2. The van der Waals surface area contributed by atoms with Gasteiger partial charge in [-0.1, -0.05) is 42.5 Å². The highest BCUT2D eigenvalue weighted by Crippen LogP contribution is 2.33. The Labute approximate surface area is 123 Å². The molecule has 0 unspecified atom stereocenters. The van der Waals surface area contributed by atoms with E-state index in [9.17, 15) is 13.7 Å². The molecule has 0 spiro atoms. The molecule has 1 heterocycles. The molecule has 0 fully saturated rings. The third-order valence-corrected chi connectivity index (χ3v) is 5.14. The fourth-order valence-corrected chi connectivity index (χ4v) is 3.75. The molecule has 4 nitrogen and oxygen atoms in total. The van der Waals surface area contributed by atoms with Crippen LogP contribution in [0.1, 0.15) is 17.2 Å². The Morgan fingerprint density at radius 3 is 2.38 bits per heavy atom. The van der Waals surface area contributed by atoms with Crippen LogP contribution in [0.3, 0.4) is 0 Å². The lowest BCUT2D eigenvalue weighted by Crippen LogP contribution is -2.31. The van der Waals surface area contributed by atoms with E-state index < -0.39 is 16.1 Å². The van der Waals surface area contributed by atoms with Crippen LogP contribution in [0.25, 0.3) is 6.08 Å². The van der Waals surface area contributed by atoms with Crippen molar-refractivity contribution in [1.82, 2.24) is 4.31 Å². The molecule has 104 valence electrons. The Morgan fingerprint density at radius 1 is 1.00 bits per heavy atom. The molecule has 0 N–H and O–H groups in total. The number of nitriles is 1. The number of hydrogen-bond acceptors (Lipinski definition) is 3. The molecule has 0 aromatic heterocycles. The maximum atomic E-state index is 12.7. The van der Waals surface area contributed by atoms with Crippen molar-refractivity contribution >= 4 is 16.1 Å². The van der Waals surface area contributed by atoms with Gasteiger partial charge >= 0.3 is 0 Å². The normalized spacial score (nSPS) is 17.1. The van der Waals surface area contributed by atoms with Gasteiger partial charge in [0.05, 0.1) is 11.0 Å². The number of benzene rings is 2. The molecule has 0 bridgehead atoms. The maximum absolute atomic E-state index is 12.7. The molecule has 0 saturated heterocycles. The molecule has 0 saturated carbocycles. The van der Waals surface area contributed by atoms with E-state index in [1.54, 1.807) is 36.4 Å². The van der Waals surface area contributed by atoms with Crippen LogP contribution in [0.4, 0.5) is 0 Å². The molecule has 21 heavy (non-hydrogen) atoms. The molecule has 3 rings (SSSR count). The predicted molar refractivity (Wildman–Crippen MR) is 79.3 cm³/mol. The van der Waals surface area contributed by atoms with E-state index in [0.29, 0.717) is 5.56 Å². The molecule has 0 amide bonds. The van der Waals surface area contributed by atoms with E-state index >= 15 is 0 Å². The summed E-state index contributed by atoms with van der Waals surface area (Å²) in [5.41, 5.74) is 1.56. The van der Waals surface area contributed by atoms with Crippen molar-refractivity contribution in [2.45, 2.75) is 10.9 Å². The van der Waals surface area contributed by atoms with Crippen molar-refractivity contribution in [3.63, 3.8) is 0 Å². The molecular formula is C16H12N2O2S. The standard InChI is InChI=1S/C16H12N2O2S/c17-12-16-15-9-5-4-6-13(15)10-11-18(16)21(19,20)14-7-2-1-3-8-14/h1-11,16H/t16-/m0/s1. The third kappa shape index (κ3) is 2.20. The first-order valence-corrected chi connectivity index (χ1v) is 7.84. The van der Waals surface area contributed by atoms with Gasteiger partial charge in [-0.15, -0.1) is 0 Å². The molecule has 1 atom stereocenters. The van der Waals surface area contributed by atoms with E-state index in [4.69, 9.17) is 0 Å². The van der Waals surface area contributed by atoms with Crippen molar-refractivity contribution in [2.75, 3.05) is 0 Å². The SMILES string of the molecule is N#C[C@H]1c2ccccc2C=CN1S(=O)(=O)c1ccccc1. The van der Waals surface area contributed by atoms with E-state index in [1.807, 2.05) is 12.1 Å². The van der Waals surface area contributed by atoms with Crippen molar-refractivity contribution < 1.29 is 8.42 Å². The summed E-state index contributed by atoms with van der Waals surface area (Å²) in [5.74, 6) is 0. The van der Waals surface area contributed by atoms with Gasteiger partial charge in [0.1, 0.15) is 0 Å². The zero-order valence-electron chi connectivity index (χ0n) is 11.0. The minimum atomic E-state index is -3.74. The van der Waals surface area contributed by atoms with Crippen LogP contribution >= 0.6 is 0 Å². The molecular weight excluding hydrogens is 284 g/mol. The molecule has 1 aliphatic rings. The average Bonchev–Trinajstić information content (AvgIpc) is 2.54. The van der Waals surface area contributed by atoms with Crippen molar-refractivity contribution in [2.24, 2.45) is 0 Å². The smallest absolute Gasteiger partial charge is 0.252 e. The Hall–Kier alpha value is -2.58. The first-order chi connectivity index (χ1) is 10.1. The van der Waals surface area contributed by atoms with Crippen LogP contribution in [-0.2, 0) is 10.0 Å². The Balaban J connectivity index is 2.11. The van der Waals surface area contributed by atoms with Gasteiger partial charge in [0.25, 0.3) is 10.0 Å². The zero-order chi connectivity index (χ0) is 14.9. The summed E-state index contributed by atoms with van der Waals surface area (Å²) in [6.45, 7) is 0. The van der Waals surface area contributed by atoms with Gasteiger partial charge in [-0.25, -0.2) is 8.42 Å². The number of nitrogens with zero attached hydrogens (tertiary/aromatic N) is 2. The van der Waals surface area contributed by atoms with Crippen molar-refractivity contribution in [3.8, 4) is 6.07 Å². The third-order valence-electron chi connectivity index (χ3n) is 3.39. The van der Waals surface area contributed by atoms with Crippen molar-refractivity contribution in [3.05, 3.63) is 71.9 Å². The fourth-order valence-electron chi connectivity index (χ4n) is 2.35. The monoisotopic (exact) mass is 296 g/mol. The largest absolute Gasteiger partial charge is 0.265 e. The van der Waals surface area contributed by atoms with Gasteiger partial charge in [-0.05, 0) is 29.3 Å². The summed E-state index contributed by atoms with van der Waals surface area (Å²) in [5, 5.41) is 9.43. The Bertz CT molecular complexity index is 836. The Morgan fingerprint density at radius 2 is 1.67 bits per heavy atom. The summed E-state index contributed by atoms with van der Waals surface area (Å²) < 4.78 is 26.5. The van der Waals surface area contributed by atoms with E-state index in [1.165, 1.54) is 18.3 Å². The van der Waals surface area contributed by atoms with Gasteiger partial charge in [-0.3, -0.25) is 4.31 Å². The fraction of sp³-hybridized carbons (Fsp3) is 0.0625. The minimum absolute atomic E-state index is 0.175. The van der Waals surface area contributed by atoms with Crippen LogP contribution < -0.4 is 0 Å². The summed E-state index contributed by atoms with van der Waals surface area (Å²) >= 11 is 0. The topological polar surface area (TPSA) is 61.2 Å². The lowest BCUT2D eigenvalue weighted by molar-refractivity contribution is 0.461. The van der Waals surface area contributed by atoms with E-state index in [2.05, 4.69) is 6.07 Å². The van der Waals surface area contributed by atoms with Gasteiger partial charge in [0.15, 0.2) is 6.04 Å². The van der Waals surface area contributed by atoms with E-state index in [0.717, 1.165) is 9.87 Å². The molecule has 2 aromatic rings.